The summed E-state index contributed by atoms with van der Waals surface area (Å²) in [7, 11) is 1.48. The lowest BCUT2D eigenvalue weighted by Gasteiger charge is -2.30. The van der Waals surface area contributed by atoms with Crippen LogP contribution >= 0.6 is 12.2 Å². The molecule has 2 N–H and O–H groups in total. The Bertz CT molecular complexity index is 1280. The Labute approximate surface area is 208 Å². The van der Waals surface area contributed by atoms with Crippen LogP contribution in [0.2, 0.25) is 0 Å². The molecule has 8 heteroatoms. The van der Waals surface area contributed by atoms with Gasteiger partial charge in [-0.2, -0.15) is 0 Å². The van der Waals surface area contributed by atoms with Crippen LogP contribution in [-0.2, 0) is 16.1 Å². The van der Waals surface area contributed by atoms with Crippen molar-refractivity contribution < 1.29 is 23.8 Å². The lowest BCUT2D eigenvalue weighted by Crippen LogP contribution is -2.45. The normalized spacial score (nSPS) is 15.0. The minimum atomic E-state index is -0.584. The molecule has 4 rings (SSSR count). The Hall–Kier alpha value is -4.17. The average Bonchev–Trinajstić information content (AvgIpc) is 2.88. The Morgan fingerprint density at radius 2 is 1.60 bits per heavy atom. The number of ether oxygens (including phenoxy) is 3. The van der Waals surface area contributed by atoms with E-state index in [1.54, 1.807) is 49.4 Å². The monoisotopic (exact) mass is 488 g/mol. The second-order valence-corrected chi connectivity index (χ2v) is 8.21. The highest BCUT2D eigenvalue weighted by Crippen LogP contribution is 2.35. The van der Waals surface area contributed by atoms with Crippen molar-refractivity contribution in [1.82, 2.24) is 10.6 Å². The van der Waals surface area contributed by atoms with Crippen LogP contribution in [0.4, 0.5) is 0 Å². The van der Waals surface area contributed by atoms with E-state index in [0.717, 1.165) is 5.56 Å². The number of carbonyl (C=O) groups excluding carboxylic acids is 2. The van der Waals surface area contributed by atoms with Gasteiger partial charge in [-0.1, -0.05) is 54.6 Å². The van der Waals surface area contributed by atoms with E-state index >= 15 is 0 Å². The van der Waals surface area contributed by atoms with Gasteiger partial charge in [-0.3, -0.25) is 0 Å². The van der Waals surface area contributed by atoms with Crippen molar-refractivity contribution in [2.24, 2.45) is 0 Å². The number of methoxy groups -OCH3 is 1. The van der Waals surface area contributed by atoms with Gasteiger partial charge in [0.25, 0.3) is 0 Å². The Morgan fingerprint density at radius 1 is 0.914 bits per heavy atom. The van der Waals surface area contributed by atoms with E-state index in [0.29, 0.717) is 33.3 Å². The van der Waals surface area contributed by atoms with Crippen LogP contribution in [0.25, 0.3) is 0 Å². The number of carbonyl (C=O) groups is 2. The first-order valence-electron chi connectivity index (χ1n) is 10.9. The molecule has 0 fully saturated rings. The Balaban J connectivity index is 1.58. The fourth-order valence-corrected chi connectivity index (χ4v) is 3.97. The molecule has 7 nitrogen and oxygen atoms in total. The number of hydrogen-bond acceptors (Lipinski definition) is 6. The summed E-state index contributed by atoms with van der Waals surface area (Å²) in [6.07, 6.45) is 0. The Kier molecular flexibility index (Phi) is 7.42. The van der Waals surface area contributed by atoms with Crippen molar-refractivity contribution in [2.45, 2.75) is 19.6 Å². The van der Waals surface area contributed by atoms with Crippen LogP contribution < -0.4 is 20.1 Å². The first kappa shape index (κ1) is 24.0. The topological polar surface area (TPSA) is 85.9 Å². The van der Waals surface area contributed by atoms with Crippen LogP contribution in [0, 0.1) is 0 Å². The van der Waals surface area contributed by atoms with Gasteiger partial charge in [-0.15, -0.1) is 0 Å². The maximum atomic E-state index is 13.1. The summed E-state index contributed by atoms with van der Waals surface area (Å²) in [5.74, 6) is -0.376. The highest BCUT2D eigenvalue weighted by Gasteiger charge is 2.31. The molecule has 0 unspecified atom stereocenters. The van der Waals surface area contributed by atoms with Crippen LogP contribution in [0.1, 0.15) is 34.5 Å². The molecule has 0 bridgehead atoms. The molecule has 35 heavy (non-hydrogen) atoms. The van der Waals surface area contributed by atoms with Gasteiger partial charge in [0, 0.05) is 5.70 Å². The third-order valence-corrected chi connectivity index (χ3v) is 5.65. The molecule has 0 saturated carbocycles. The second kappa shape index (κ2) is 10.8. The van der Waals surface area contributed by atoms with Gasteiger partial charge in [0.05, 0.1) is 24.3 Å². The molecule has 1 aliphatic rings. The zero-order chi connectivity index (χ0) is 24.8. The highest BCUT2D eigenvalue weighted by molar-refractivity contribution is 7.80. The van der Waals surface area contributed by atoms with Gasteiger partial charge in [0.15, 0.2) is 16.6 Å². The fraction of sp³-hybridized carbons (Fsp3) is 0.148. The molecule has 3 aromatic rings. The first-order chi connectivity index (χ1) is 17.0. The molecule has 0 saturated heterocycles. The Morgan fingerprint density at radius 3 is 2.29 bits per heavy atom. The lowest BCUT2D eigenvalue weighted by atomic mass is 9.95. The summed E-state index contributed by atoms with van der Waals surface area (Å²) >= 11 is 5.33. The quantitative estimate of drug-likeness (QED) is 0.287. The smallest absolute Gasteiger partial charge is 0.343 e. The number of benzene rings is 3. The van der Waals surface area contributed by atoms with Crippen molar-refractivity contribution in [3.63, 3.8) is 0 Å². The van der Waals surface area contributed by atoms with Crippen molar-refractivity contribution in [3.8, 4) is 11.5 Å². The fourth-order valence-electron chi connectivity index (χ4n) is 3.70. The third kappa shape index (κ3) is 5.67. The summed E-state index contributed by atoms with van der Waals surface area (Å²) in [5.41, 5.74) is 2.98. The van der Waals surface area contributed by atoms with Crippen LogP contribution in [0.15, 0.2) is 90.1 Å². The molecule has 3 aromatic carbocycles. The van der Waals surface area contributed by atoms with E-state index in [9.17, 15) is 9.59 Å². The van der Waals surface area contributed by atoms with Crippen molar-refractivity contribution >= 4 is 29.3 Å². The number of thiocarbonyl (C=S) groups is 1. The van der Waals surface area contributed by atoms with Gasteiger partial charge >= 0.3 is 11.9 Å². The summed E-state index contributed by atoms with van der Waals surface area (Å²) in [5, 5.41) is 6.50. The number of hydrogen-bond donors (Lipinski definition) is 2. The van der Waals surface area contributed by atoms with E-state index in [1.165, 1.54) is 7.11 Å². The van der Waals surface area contributed by atoms with E-state index in [1.807, 2.05) is 36.4 Å². The van der Waals surface area contributed by atoms with Crippen LogP contribution in [0.5, 0.6) is 11.5 Å². The van der Waals surface area contributed by atoms with Crippen LogP contribution in [0.3, 0.4) is 0 Å². The minimum Gasteiger partial charge on any atom is -0.493 e. The van der Waals surface area contributed by atoms with Gasteiger partial charge < -0.3 is 24.8 Å². The molecule has 0 aromatic heterocycles. The summed E-state index contributed by atoms with van der Waals surface area (Å²) < 4.78 is 16.6. The maximum Gasteiger partial charge on any atom is 0.343 e. The van der Waals surface area contributed by atoms with Crippen molar-refractivity contribution in [2.75, 3.05) is 7.11 Å². The minimum absolute atomic E-state index is 0.144. The number of allylic oxidation sites excluding steroid dienone is 1. The first-order valence-corrected chi connectivity index (χ1v) is 11.3. The standard InChI is InChI=1S/C27H24N2O5S/c1-17-23(26(31)33-16-18-9-5-3-6-10-18)24(29-27(35)28-17)20-13-14-21(22(15-20)32-2)34-25(30)19-11-7-4-8-12-19/h3-15,24H,16H2,1-2H3,(H2,28,29,35)/t24-/m0/s1. The summed E-state index contributed by atoms with van der Waals surface area (Å²) in [6, 6.07) is 22.6. The molecule has 0 spiro atoms. The number of esters is 2. The predicted molar refractivity (Wildman–Crippen MR) is 135 cm³/mol. The van der Waals surface area contributed by atoms with E-state index in [4.69, 9.17) is 26.4 Å². The zero-order valence-electron chi connectivity index (χ0n) is 19.2. The van der Waals surface area contributed by atoms with Crippen LogP contribution in [-0.4, -0.2) is 24.2 Å². The molecule has 178 valence electrons. The SMILES string of the molecule is COc1cc([C@@H]2NC(=S)NC(C)=C2C(=O)OCc2ccccc2)ccc1OC(=O)c1ccccc1. The molecule has 0 amide bonds. The number of nitrogens with one attached hydrogen (secondary N) is 2. The van der Waals surface area contributed by atoms with Crippen molar-refractivity contribution in [1.29, 1.82) is 0 Å². The molecule has 0 radical (unpaired) electrons. The lowest BCUT2D eigenvalue weighted by molar-refractivity contribution is -0.140. The molecule has 1 aliphatic heterocycles. The maximum absolute atomic E-state index is 13.1. The largest absolute Gasteiger partial charge is 0.493 e. The van der Waals surface area contributed by atoms with E-state index in [2.05, 4.69) is 10.6 Å². The molecule has 1 atom stereocenters. The number of rotatable bonds is 7. The second-order valence-electron chi connectivity index (χ2n) is 7.80. The zero-order valence-corrected chi connectivity index (χ0v) is 20.1. The molecular weight excluding hydrogens is 464 g/mol. The molecule has 0 aliphatic carbocycles. The van der Waals surface area contributed by atoms with E-state index < -0.39 is 18.0 Å². The molecule has 1 heterocycles. The van der Waals surface area contributed by atoms with Crippen molar-refractivity contribution in [3.05, 3.63) is 107 Å². The van der Waals surface area contributed by atoms with E-state index in [-0.39, 0.29) is 12.4 Å². The summed E-state index contributed by atoms with van der Waals surface area (Å²) in [4.78, 5) is 25.6. The third-order valence-electron chi connectivity index (χ3n) is 5.43. The van der Waals surface area contributed by atoms with Gasteiger partial charge in [-0.05, 0) is 54.5 Å². The average molecular weight is 489 g/mol. The molecular formula is C27H24N2O5S. The summed E-state index contributed by atoms with van der Waals surface area (Å²) in [6.45, 7) is 1.91. The van der Waals surface area contributed by atoms with Gasteiger partial charge in [-0.25, -0.2) is 9.59 Å². The predicted octanol–water partition coefficient (Wildman–Crippen LogP) is 4.45. The highest BCUT2D eigenvalue weighted by atomic mass is 32.1. The van der Waals surface area contributed by atoms with Gasteiger partial charge in [0.1, 0.15) is 6.61 Å². The van der Waals surface area contributed by atoms with Gasteiger partial charge in [0.2, 0.25) is 0 Å².